The Morgan fingerprint density at radius 3 is 2.81 bits per heavy atom. The van der Waals surface area contributed by atoms with E-state index in [1.54, 1.807) is 37.4 Å². The van der Waals surface area contributed by atoms with E-state index in [9.17, 15) is 9.59 Å². The third kappa shape index (κ3) is 3.92. The number of amides is 1. The Kier molecular flexibility index (Phi) is 5.11. The molecule has 0 saturated heterocycles. The fourth-order valence-corrected chi connectivity index (χ4v) is 2.23. The van der Waals surface area contributed by atoms with E-state index in [0.29, 0.717) is 16.9 Å². The van der Waals surface area contributed by atoms with Crippen molar-refractivity contribution in [3.63, 3.8) is 0 Å². The minimum absolute atomic E-state index is 0.144. The van der Waals surface area contributed by atoms with E-state index in [1.807, 2.05) is 12.1 Å². The Hall–Kier alpha value is -2.14. The standard InChI is InChI=1S/C16H14BrNO3/c1-18-16(20)12-4-2-3-11(7-12)10-21-15-6-5-14(17)8-13(15)9-19/h2-9H,10H2,1H3,(H,18,20). The average molecular weight is 348 g/mol. The highest BCUT2D eigenvalue weighted by molar-refractivity contribution is 9.10. The molecule has 1 N–H and O–H groups in total. The van der Waals surface area contributed by atoms with Crippen molar-refractivity contribution in [2.75, 3.05) is 7.05 Å². The highest BCUT2D eigenvalue weighted by Gasteiger charge is 2.06. The molecule has 0 atom stereocenters. The van der Waals surface area contributed by atoms with Crippen LogP contribution in [0.3, 0.4) is 0 Å². The molecule has 1 amide bonds. The molecular weight excluding hydrogens is 334 g/mol. The molecule has 21 heavy (non-hydrogen) atoms. The van der Waals surface area contributed by atoms with Gasteiger partial charge in [0.1, 0.15) is 12.4 Å². The SMILES string of the molecule is CNC(=O)c1cccc(COc2ccc(Br)cc2C=O)c1. The lowest BCUT2D eigenvalue weighted by molar-refractivity contribution is 0.0962. The summed E-state index contributed by atoms with van der Waals surface area (Å²) in [4.78, 5) is 22.6. The second kappa shape index (κ2) is 7.04. The van der Waals surface area contributed by atoms with Gasteiger partial charge in [-0.3, -0.25) is 9.59 Å². The molecule has 0 saturated carbocycles. The van der Waals surface area contributed by atoms with Gasteiger partial charge in [-0.2, -0.15) is 0 Å². The number of halogens is 1. The molecule has 2 rings (SSSR count). The summed E-state index contributed by atoms with van der Waals surface area (Å²) in [5, 5.41) is 2.58. The molecule has 0 fully saturated rings. The summed E-state index contributed by atoms with van der Waals surface area (Å²) >= 11 is 3.31. The van der Waals surface area contributed by atoms with Crippen LogP contribution in [0.1, 0.15) is 26.3 Å². The van der Waals surface area contributed by atoms with Crippen LogP contribution >= 0.6 is 15.9 Å². The third-order valence-electron chi connectivity index (χ3n) is 2.91. The summed E-state index contributed by atoms with van der Waals surface area (Å²) in [5.41, 5.74) is 1.91. The van der Waals surface area contributed by atoms with Gasteiger partial charge in [-0.25, -0.2) is 0 Å². The van der Waals surface area contributed by atoms with E-state index in [0.717, 1.165) is 16.3 Å². The van der Waals surface area contributed by atoms with E-state index in [2.05, 4.69) is 21.2 Å². The predicted octanol–water partition coefficient (Wildman–Crippen LogP) is 3.20. The van der Waals surface area contributed by atoms with Gasteiger partial charge in [0.25, 0.3) is 5.91 Å². The van der Waals surface area contributed by atoms with Crippen LogP contribution in [0.15, 0.2) is 46.9 Å². The zero-order valence-electron chi connectivity index (χ0n) is 11.4. The minimum Gasteiger partial charge on any atom is -0.488 e. The van der Waals surface area contributed by atoms with Crippen molar-refractivity contribution >= 4 is 28.1 Å². The number of ether oxygens (including phenoxy) is 1. The number of hydrogen-bond donors (Lipinski definition) is 1. The van der Waals surface area contributed by atoms with Crippen molar-refractivity contribution in [2.45, 2.75) is 6.61 Å². The average Bonchev–Trinajstić information content (AvgIpc) is 2.53. The second-order valence-electron chi connectivity index (χ2n) is 4.37. The highest BCUT2D eigenvalue weighted by Crippen LogP contribution is 2.22. The molecule has 0 heterocycles. The van der Waals surface area contributed by atoms with Gasteiger partial charge in [0.2, 0.25) is 0 Å². The molecule has 0 spiro atoms. The molecule has 0 aliphatic heterocycles. The number of aldehydes is 1. The van der Waals surface area contributed by atoms with Gasteiger partial charge >= 0.3 is 0 Å². The fraction of sp³-hybridized carbons (Fsp3) is 0.125. The number of carbonyl (C=O) groups is 2. The van der Waals surface area contributed by atoms with E-state index in [1.165, 1.54) is 0 Å². The molecule has 2 aromatic rings. The monoisotopic (exact) mass is 347 g/mol. The smallest absolute Gasteiger partial charge is 0.251 e. The molecule has 5 heteroatoms. The molecule has 2 aromatic carbocycles. The van der Waals surface area contributed by atoms with Crippen LogP contribution in [0.25, 0.3) is 0 Å². The lowest BCUT2D eigenvalue weighted by Crippen LogP contribution is -2.17. The maximum Gasteiger partial charge on any atom is 0.251 e. The largest absolute Gasteiger partial charge is 0.488 e. The summed E-state index contributed by atoms with van der Waals surface area (Å²) in [5.74, 6) is 0.368. The Bertz CT molecular complexity index is 670. The Morgan fingerprint density at radius 2 is 2.10 bits per heavy atom. The van der Waals surface area contributed by atoms with Crippen LogP contribution in [0.4, 0.5) is 0 Å². The van der Waals surface area contributed by atoms with Crippen LogP contribution in [-0.2, 0) is 6.61 Å². The second-order valence-corrected chi connectivity index (χ2v) is 5.28. The quantitative estimate of drug-likeness (QED) is 0.845. The van der Waals surface area contributed by atoms with Crippen LogP contribution < -0.4 is 10.1 Å². The first-order valence-electron chi connectivity index (χ1n) is 6.32. The topological polar surface area (TPSA) is 55.4 Å². The van der Waals surface area contributed by atoms with Gasteiger partial charge in [-0.15, -0.1) is 0 Å². The van der Waals surface area contributed by atoms with Crippen molar-refractivity contribution in [1.29, 1.82) is 0 Å². The molecule has 0 unspecified atom stereocenters. The van der Waals surface area contributed by atoms with E-state index in [-0.39, 0.29) is 12.5 Å². The summed E-state index contributed by atoms with van der Waals surface area (Å²) in [6.07, 6.45) is 0.751. The number of hydrogen-bond acceptors (Lipinski definition) is 3. The van der Waals surface area contributed by atoms with Crippen molar-refractivity contribution < 1.29 is 14.3 Å². The zero-order chi connectivity index (χ0) is 15.2. The number of benzene rings is 2. The molecule has 108 valence electrons. The van der Waals surface area contributed by atoms with Gasteiger partial charge in [0.05, 0.1) is 5.56 Å². The van der Waals surface area contributed by atoms with Crippen LogP contribution in [0.2, 0.25) is 0 Å². The molecule has 0 aliphatic rings. The first-order valence-corrected chi connectivity index (χ1v) is 7.12. The van der Waals surface area contributed by atoms with Gasteiger partial charge in [-0.05, 0) is 35.9 Å². The van der Waals surface area contributed by atoms with Crippen molar-refractivity contribution in [3.8, 4) is 5.75 Å². The first-order chi connectivity index (χ1) is 10.1. The molecule has 0 radical (unpaired) electrons. The van der Waals surface area contributed by atoms with Gasteiger partial charge in [-0.1, -0.05) is 28.1 Å². The van der Waals surface area contributed by atoms with Gasteiger partial charge in [0.15, 0.2) is 6.29 Å². The maximum absolute atomic E-state index is 11.6. The number of rotatable bonds is 5. The molecule has 4 nitrogen and oxygen atoms in total. The van der Waals surface area contributed by atoms with E-state index >= 15 is 0 Å². The first kappa shape index (κ1) is 15.3. The summed E-state index contributed by atoms with van der Waals surface area (Å²) in [6.45, 7) is 0.285. The fourth-order valence-electron chi connectivity index (χ4n) is 1.85. The van der Waals surface area contributed by atoms with Crippen molar-refractivity contribution in [1.82, 2.24) is 5.32 Å². The van der Waals surface area contributed by atoms with Crippen LogP contribution in [0, 0.1) is 0 Å². The molecular formula is C16H14BrNO3. The van der Waals surface area contributed by atoms with Crippen molar-refractivity contribution in [2.24, 2.45) is 0 Å². The lowest BCUT2D eigenvalue weighted by atomic mass is 10.1. The zero-order valence-corrected chi connectivity index (χ0v) is 13.0. The summed E-state index contributed by atoms with van der Waals surface area (Å²) in [6, 6.07) is 12.4. The number of nitrogens with one attached hydrogen (secondary N) is 1. The minimum atomic E-state index is -0.144. The number of carbonyl (C=O) groups excluding carboxylic acids is 2. The van der Waals surface area contributed by atoms with Gasteiger partial charge in [0, 0.05) is 17.1 Å². The Morgan fingerprint density at radius 1 is 1.29 bits per heavy atom. The van der Waals surface area contributed by atoms with Crippen LogP contribution in [-0.4, -0.2) is 19.2 Å². The maximum atomic E-state index is 11.6. The predicted molar refractivity (Wildman–Crippen MR) is 83.7 cm³/mol. The highest BCUT2D eigenvalue weighted by atomic mass is 79.9. The Labute approximate surface area is 131 Å². The molecule has 0 aliphatic carbocycles. The third-order valence-corrected chi connectivity index (χ3v) is 3.40. The van der Waals surface area contributed by atoms with E-state index < -0.39 is 0 Å². The van der Waals surface area contributed by atoms with Gasteiger partial charge < -0.3 is 10.1 Å². The summed E-state index contributed by atoms with van der Waals surface area (Å²) in [7, 11) is 1.59. The normalized spacial score (nSPS) is 10.0. The molecule has 0 bridgehead atoms. The molecule has 0 aromatic heterocycles. The Balaban J connectivity index is 2.13. The summed E-state index contributed by atoms with van der Waals surface area (Å²) < 4.78 is 6.47. The lowest BCUT2D eigenvalue weighted by Gasteiger charge is -2.09. The van der Waals surface area contributed by atoms with Crippen LogP contribution in [0.5, 0.6) is 5.75 Å². The van der Waals surface area contributed by atoms with E-state index in [4.69, 9.17) is 4.74 Å². The van der Waals surface area contributed by atoms with Crippen molar-refractivity contribution in [3.05, 3.63) is 63.6 Å².